The predicted octanol–water partition coefficient (Wildman–Crippen LogP) is 1.05. The van der Waals surface area contributed by atoms with Gasteiger partial charge in [0.15, 0.2) is 0 Å². The van der Waals surface area contributed by atoms with E-state index >= 15 is 0 Å². The molecular formula is C13H17F3N4O. The SMILES string of the molecule is Cn1nc(CNC(=O)[C@]23CC[C@H]2CNC3)cc1C(F)(F)F. The smallest absolute Gasteiger partial charge is 0.350 e. The van der Waals surface area contributed by atoms with Crippen LogP contribution in [-0.4, -0.2) is 28.8 Å². The summed E-state index contributed by atoms with van der Waals surface area (Å²) in [5.41, 5.74) is -0.952. The van der Waals surface area contributed by atoms with Gasteiger partial charge in [-0.05, 0) is 31.4 Å². The Hall–Kier alpha value is -1.57. The Labute approximate surface area is 119 Å². The number of rotatable bonds is 3. The molecule has 2 heterocycles. The number of carbonyl (C=O) groups is 1. The second-order valence-corrected chi connectivity index (χ2v) is 5.85. The number of fused-ring (bicyclic) bond motifs is 1. The Balaban J connectivity index is 1.65. The summed E-state index contributed by atoms with van der Waals surface area (Å²) in [4.78, 5) is 12.3. The molecule has 3 rings (SSSR count). The van der Waals surface area contributed by atoms with E-state index in [4.69, 9.17) is 0 Å². The van der Waals surface area contributed by atoms with Crippen LogP contribution in [0, 0.1) is 11.3 Å². The predicted molar refractivity (Wildman–Crippen MR) is 68.1 cm³/mol. The lowest BCUT2D eigenvalue weighted by molar-refractivity contribution is -0.143. The maximum absolute atomic E-state index is 12.7. The van der Waals surface area contributed by atoms with Gasteiger partial charge in [-0.15, -0.1) is 0 Å². The maximum atomic E-state index is 12.7. The van der Waals surface area contributed by atoms with Crippen LogP contribution < -0.4 is 10.6 Å². The minimum atomic E-state index is -4.43. The fourth-order valence-corrected chi connectivity index (χ4v) is 3.30. The van der Waals surface area contributed by atoms with Crippen LogP contribution in [0.4, 0.5) is 13.2 Å². The molecule has 0 bridgehead atoms. The Morgan fingerprint density at radius 3 is 2.90 bits per heavy atom. The molecule has 1 aliphatic heterocycles. The molecule has 2 fully saturated rings. The van der Waals surface area contributed by atoms with Crippen molar-refractivity contribution < 1.29 is 18.0 Å². The largest absolute Gasteiger partial charge is 0.433 e. The van der Waals surface area contributed by atoms with Crippen molar-refractivity contribution in [1.29, 1.82) is 0 Å². The lowest BCUT2D eigenvalue weighted by atomic mass is 9.61. The van der Waals surface area contributed by atoms with E-state index in [1.54, 1.807) is 0 Å². The Kier molecular flexibility index (Phi) is 3.23. The average molecular weight is 302 g/mol. The van der Waals surface area contributed by atoms with Crippen molar-refractivity contribution >= 4 is 5.91 Å². The van der Waals surface area contributed by atoms with Crippen LogP contribution in [0.1, 0.15) is 24.2 Å². The molecule has 1 amide bonds. The second-order valence-electron chi connectivity index (χ2n) is 5.85. The molecule has 1 aliphatic carbocycles. The highest BCUT2D eigenvalue weighted by molar-refractivity contribution is 5.84. The highest BCUT2D eigenvalue weighted by atomic mass is 19.4. The van der Waals surface area contributed by atoms with E-state index in [1.165, 1.54) is 7.05 Å². The molecule has 0 radical (unpaired) electrons. The van der Waals surface area contributed by atoms with Crippen molar-refractivity contribution in [2.24, 2.45) is 18.4 Å². The topological polar surface area (TPSA) is 59.0 Å². The van der Waals surface area contributed by atoms with Crippen molar-refractivity contribution in [3.63, 3.8) is 0 Å². The first-order valence-corrected chi connectivity index (χ1v) is 6.92. The number of aryl methyl sites for hydroxylation is 1. The molecule has 1 aromatic heterocycles. The number of amides is 1. The Bertz CT molecular complexity index is 568. The van der Waals surface area contributed by atoms with Gasteiger partial charge >= 0.3 is 6.18 Å². The molecule has 0 unspecified atom stereocenters. The van der Waals surface area contributed by atoms with E-state index in [1.807, 2.05) is 0 Å². The molecule has 1 saturated carbocycles. The van der Waals surface area contributed by atoms with E-state index in [-0.39, 0.29) is 23.6 Å². The van der Waals surface area contributed by atoms with Gasteiger partial charge in [0.2, 0.25) is 5.91 Å². The number of nitrogens with one attached hydrogen (secondary N) is 2. The average Bonchev–Trinajstić information content (AvgIpc) is 2.88. The molecule has 5 nitrogen and oxygen atoms in total. The van der Waals surface area contributed by atoms with Gasteiger partial charge in [0.25, 0.3) is 0 Å². The standard InChI is InChI=1S/C13H17F3N4O/c1-20-10(13(14,15)16)4-9(19-20)6-18-11(21)12-3-2-8(12)5-17-7-12/h4,8,17H,2-3,5-7H2,1H3,(H,18,21)/t8-,12-/m0/s1. The van der Waals surface area contributed by atoms with Crippen LogP contribution in [-0.2, 0) is 24.6 Å². The summed E-state index contributed by atoms with van der Waals surface area (Å²) in [5, 5.41) is 9.74. The first-order chi connectivity index (χ1) is 9.83. The van der Waals surface area contributed by atoms with Crippen LogP contribution >= 0.6 is 0 Å². The molecule has 116 valence electrons. The van der Waals surface area contributed by atoms with Crippen molar-refractivity contribution in [3.05, 3.63) is 17.5 Å². The van der Waals surface area contributed by atoms with Gasteiger partial charge in [-0.2, -0.15) is 18.3 Å². The van der Waals surface area contributed by atoms with Crippen LogP contribution in [0.5, 0.6) is 0 Å². The lowest BCUT2D eigenvalue weighted by Gasteiger charge is -2.42. The number of hydrogen-bond donors (Lipinski definition) is 2. The third-order valence-electron chi connectivity index (χ3n) is 4.65. The molecule has 2 N–H and O–H groups in total. The normalized spacial score (nSPS) is 28.1. The number of nitrogens with zero attached hydrogens (tertiary/aromatic N) is 2. The highest BCUT2D eigenvalue weighted by Crippen LogP contribution is 2.49. The van der Waals surface area contributed by atoms with Crippen molar-refractivity contribution in [3.8, 4) is 0 Å². The van der Waals surface area contributed by atoms with Gasteiger partial charge in [-0.3, -0.25) is 9.48 Å². The van der Waals surface area contributed by atoms with Gasteiger partial charge in [0.05, 0.1) is 17.7 Å². The van der Waals surface area contributed by atoms with E-state index in [0.717, 1.165) is 30.1 Å². The fourth-order valence-electron chi connectivity index (χ4n) is 3.30. The molecular weight excluding hydrogens is 285 g/mol. The maximum Gasteiger partial charge on any atom is 0.433 e. The number of hydrogen-bond acceptors (Lipinski definition) is 3. The molecule has 8 heteroatoms. The zero-order chi connectivity index (χ0) is 15.3. The molecule has 1 saturated heterocycles. The van der Waals surface area contributed by atoms with Crippen LogP contribution in [0.3, 0.4) is 0 Å². The van der Waals surface area contributed by atoms with Gasteiger partial charge in [0.1, 0.15) is 5.69 Å². The van der Waals surface area contributed by atoms with Gasteiger partial charge in [-0.1, -0.05) is 0 Å². The monoisotopic (exact) mass is 302 g/mol. The van der Waals surface area contributed by atoms with Gasteiger partial charge < -0.3 is 10.6 Å². The summed E-state index contributed by atoms with van der Waals surface area (Å²) in [6.45, 7) is 1.52. The first kappa shape index (κ1) is 14.4. The zero-order valence-electron chi connectivity index (χ0n) is 11.6. The summed E-state index contributed by atoms with van der Waals surface area (Å²) in [7, 11) is 1.25. The molecule has 0 aromatic carbocycles. The fraction of sp³-hybridized carbons (Fsp3) is 0.692. The zero-order valence-corrected chi connectivity index (χ0v) is 11.6. The van der Waals surface area contributed by atoms with Gasteiger partial charge in [-0.25, -0.2) is 0 Å². The number of alkyl halides is 3. The highest BCUT2D eigenvalue weighted by Gasteiger charge is 2.55. The molecule has 2 aliphatic rings. The second kappa shape index (κ2) is 4.72. The Morgan fingerprint density at radius 2 is 2.38 bits per heavy atom. The van der Waals surface area contributed by atoms with Crippen LogP contribution in [0.15, 0.2) is 6.07 Å². The molecule has 21 heavy (non-hydrogen) atoms. The Morgan fingerprint density at radius 1 is 1.62 bits per heavy atom. The summed E-state index contributed by atoms with van der Waals surface area (Å²) in [6.07, 6.45) is -2.56. The first-order valence-electron chi connectivity index (χ1n) is 6.92. The van der Waals surface area contributed by atoms with Crippen molar-refractivity contribution in [2.45, 2.75) is 25.6 Å². The quantitative estimate of drug-likeness (QED) is 0.877. The number of halogens is 3. The van der Waals surface area contributed by atoms with E-state index in [0.29, 0.717) is 12.5 Å². The van der Waals surface area contributed by atoms with Crippen LogP contribution in [0.2, 0.25) is 0 Å². The minimum absolute atomic E-state index is 0.0250. The number of carbonyl (C=O) groups excluding carboxylic acids is 1. The van der Waals surface area contributed by atoms with Crippen molar-refractivity contribution in [2.75, 3.05) is 13.1 Å². The van der Waals surface area contributed by atoms with Gasteiger partial charge in [0, 0.05) is 13.6 Å². The molecule has 1 aromatic rings. The summed E-state index contributed by atoms with van der Waals surface area (Å²) < 4.78 is 38.8. The third kappa shape index (κ3) is 2.31. The third-order valence-corrected chi connectivity index (χ3v) is 4.65. The lowest BCUT2D eigenvalue weighted by Crippen LogP contribution is -2.51. The van der Waals surface area contributed by atoms with Crippen LogP contribution in [0.25, 0.3) is 0 Å². The molecule has 2 atom stereocenters. The summed E-state index contributed by atoms with van der Waals surface area (Å²) in [5.74, 6) is 0.273. The van der Waals surface area contributed by atoms with E-state index in [2.05, 4.69) is 15.7 Å². The van der Waals surface area contributed by atoms with E-state index in [9.17, 15) is 18.0 Å². The van der Waals surface area contributed by atoms with E-state index < -0.39 is 11.9 Å². The minimum Gasteiger partial charge on any atom is -0.350 e. The molecule has 0 spiro atoms. The van der Waals surface area contributed by atoms with Crippen molar-refractivity contribution in [1.82, 2.24) is 20.4 Å². The summed E-state index contributed by atoms with van der Waals surface area (Å²) in [6, 6.07) is 0.975. The summed E-state index contributed by atoms with van der Waals surface area (Å²) >= 11 is 0. The number of aromatic nitrogens is 2.